The lowest BCUT2D eigenvalue weighted by molar-refractivity contribution is -0.145. The standard InChI is InChI=1S/C14H20N2O4/c1-10(13(17)15-8-12-5-3-7-20-12)16-6-2-4-11(9-16)14(18)19/h3,5,7,10-11H,2,4,6,8-9H2,1H3,(H,15,17)(H,18,19). The molecule has 0 saturated carbocycles. The average Bonchev–Trinajstić information content (AvgIpc) is 2.97. The van der Waals surface area contributed by atoms with E-state index in [2.05, 4.69) is 5.32 Å². The zero-order chi connectivity index (χ0) is 14.5. The molecule has 0 spiro atoms. The number of piperidine rings is 1. The highest BCUT2D eigenvalue weighted by molar-refractivity contribution is 5.81. The fraction of sp³-hybridized carbons (Fsp3) is 0.571. The summed E-state index contributed by atoms with van der Waals surface area (Å²) in [5, 5.41) is 11.9. The van der Waals surface area contributed by atoms with Gasteiger partial charge in [-0.05, 0) is 38.4 Å². The van der Waals surface area contributed by atoms with Crippen molar-refractivity contribution in [2.75, 3.05) is 13.1 Å². The molecule has 2 atom stereocenters. The van der Waals surface area contributed by atoms with Gasteiger partial charge in [0.1, 0.15) is 5.76 Å². The van der Waals surface area contributed by atoms with Crippen LogP contribution in [0.5, 0.6) is 0 Å². The highest BCUT2D eigenvalue weighted by atomic mass is 16.4. The molecule has 1 saturated heterocycles. The molecule has 110 valence electrons. The van der Waals surface area contributed by atoms with Gasteiger partial charge in [-0.2, -0.15) is 0 Å². The minimum Gasteiger partial charge on any atom is -0.481 e. The lowest BCUT2D eigenvalue weighted by Gasteiger charge is -2.34. The van der Waals surface area contributed by atoms with E-state index in [9.17, 15) is 9.59 Å². The van der Waals surface area contributed by atoms with E-state index in [0.717, 1.165) is 13.0 Å². The molecule has 0 aromatic carbocycles. The summed E-state index contributed by atoms with van der Waals surface area (Å²) in [5.74, 6) is -0.554. The minimum atomic E-state index is -0.780. The summed E-state index contributed by atoms with van der Waals surface area (Å²) >= 11 is 0. The Morgan fingerprint density at radius 3 is 3.05 bits per heavy atom. The van der Waals surface area contributed by atoms with Gasteiger partial charge in [0.15, 0.2) is 0 Å². The number of hydrogen-bond donors (Lipinski definition) is 2. The number of furan rings is 1. The SMILES string of the molecule is CC(C(=O)NCc1ccco1)N1CCCC(C(=O)O)C1. The van der Waals surface area contributed by atoms with Gasteiger partial charge in [-0.3, -0.25) is 14.5 Å². The zero-order valence-corrected chi connectivity index (χ0v) is 11.5. The van der Waals surface area contributed by atoms with Crippen LogP contribution >= 0.6 is 0 Å². The van der Waals surface area contributed by atoms with Crippen LogP contribution in [0, 0.1) is 5.92 Å². The van der Waals surface area contributed by atoms with E-state index >= 15 is 0 Å². The van der Waals surface area contributed by atoms with Gasteiger partial charge < -0.3 is 14.8 Å². The lowest BCUT2D eigenvalue weighted by Crippen LogP contribution is -2.50. The van der Waals surface area contributed by atoms with Crippen molar-refractivity contribution in [2.45, 2.75) is 32.4 Å². The molecular formula is C14H20N2O4. The molecule has 0 radical (unpaired) electrons. The number of likely N-dealkylation sites (tertiary alicyclic amines) is 1. The van der Waals surface area contributed by atoms with E-state index in [4.69, 9.17) is 9.52 Å². The van der Waals surface area contributed by atoms with Crippen molar-refractivity contribution < 1.29 is 19.1 Å². The Bertz CT molecular complexity index is 458. The van der Waals surface area contributed by atoms with Crippen molar-refractivity contribution in [1.29, 1.82) is 0 Å². The Morgan fingerprint density at radius 2 is 2.40 bits per heavy atom. The van der Waals surface area contributed by atoms with Gasteiger partial charge in [-0.15, -0.1) is 0 Å². The summed E-state index contributed by atoms with van der Waals surface area (Å²) in [7, 11) is 0. The van der Waals surface area contributed by atoms with E-state index in [1.807, 2.05) is 11.8 Å². The zero-order valence-electron chi connectivity index (χ0n) is 11.5. The Kier molecular flexibility index (Phi) is 4.79. The van der Waals surface area contributed by atoms with Gasteiger partial charge in [0, 0.05) is 6.54 Å². The highest BCUT2D eigenvalue weighted by Gasteiger charge is 2.30. The number of aliphatic carboxylic acids is 1. The maximum absolute atomic E-state index is 12.1. The summed E-state index contributed by atoms with van der Waals surface area (Å²) in [6.45, 7) is 3.36. The van der Waals surface area contributed by atoms with E-state index < -0.39 is 5.97 Å². The van der Waals surface area contributed by atoms with Crippen molar-refractivity contribution in [1.82, 2.24) is 10.2 Å². The maximum Gasteiger partial charge on any atom is 0.307 e. The van der Waals surface area contributed by atoms with Gasteiger partial charge in [-0.25, -0.2) is 0 Å². The number of carboxylic acid groups (broad SMARTS) is 1. The molecular weight excluding hydrogens is 260 g/mol. The summed E-state index contributed by atoms with van der Waals surface area (Å²) in [4.78, 5) is 25.0. The second-order valence-electron chi connectivity index (χ2n) is 5.15. The van der Waals surface area contributed by atoms with Crippen molar-refractivity contribution in [3.8, 4) is 0 Å². The Labute approximate surface area is 117 Å². The molecule has 20 heavy (non-hydrogen) atoms. The van der Waals surface area contributed by atoms with Gasteiger partial charge in [-0.1, -0.05) is 0 Å². The number of rotatable bonds is 5. The molecule has 1 amide bonds. The molecule has 1 aliphatic heterocycles. The molecule has 6 heteroatoms. The van der Waals surface area contributed by atoms with Gasteiger partial charge in [0.25, 0.3) is 0 Å². The average molecular weight is 280 g/mol. The number of nitrogens with one attached hydrogen (secondary N) is 1. The summed E-state index contributed by atoms with van der Waals surface area (Å²) in [6, 6.07) is 3.24. The maximum atomic E-state index is 12.1. The van der Waals surface area contributed by atoms with Crippen LogP contribution in [0.25, 0.3) is 0 Å². The van der Waals surface area contributed by atoms with Crippen LogP contribution in [-0.2, 0) is 16.1 Å². The highest BCUT2D eigenvalue weighted by Crippen LogP contribution is 2.18. The second kappa shape index (κ2) is 6.56. The Hall–Kier alpha value is -1.82. The monoisotopic (exact) mass is 280 g/mol. The Morgan fingerprint density at radius 1 is 1.60 bits per heavy atom. The minimum absolute atomic E-state index is 0.104. The van der Waals surface area contributed by atoms with Crippen molar-refractivity contribution in [3.63, 3.8) is 0 Å². The number of carbonyl (C=O) groups excluding carboxylic acids is 1. The Balaban J connectivity index is 1.84. The van der Waals surface area contributed by atoms with E-state index in [0.29, 0.717) is 25.3 Å². The number of nitrogens with zero attached hydrogens (tertiary/aromatic N) is 1. The summed E-state index contributed by atoms with van der Waals surface area (Å²) < 4.78 is 5.15. The second-order valence-corrected chi connectivity index (χ2v) is 5.15. The van der Waals surface area contributed by atoms with Crippen molar-refractivity contribution >= 4 is 11.9 Å². The number of hydrogen-bond acceptors (Lipinski definition) is 4. The topological polar surface area (TPSA) is 82.8 Å². The number of carboxylic acids is 1. The van der Waals surface area contributed by atoms with Crippen LogP contribution in [-0.4, -0.2) is 41.0 Å². The summed E-state index contributed by atoms with van der Waals surface area (Å²) in [5.41, 5.74) is 0. The van der Waals surface area contributed by atoms with Gasteiger partial charge in [0.05, 0.1) is 24.8 Å². The van der Waals surface area contributed by atoms with Crippen molar-refractivity contribution in [2.24, 2.45) is 5.92 Å². The first-order valence-electron chi connectivity index (χ1n) is 6.85. The fourth-order valence-corrected chi connectivity index (χ4v) is 2.46. The molecule has 1 aromatic rings. The van der Waals surface area contributed by atoms with E-state index in [1.165, 1.54) is 0 Å². The lowest BCUT2D eigenvalue weighted by atomic mass is 9.97. The third-order valence-electron chi connectivity index (χ3n) is 3.75. The van der Waals surface area contributed by atoms with Crippen LogP contribution < -0.4 is 5.32 Å². The van der Waals surface area contributed by atoms with Crippen LogP contribution in [0.2, 0.25) is 0 Å². The van der Waals surface area contributed by atoms with Crippen molar-refractivity contribution in [3.05, 3.63) is 24.2 Å². The predicted molar refractivity (Wildman–Crippen MR) is 71.9 cm³/mol. The third kappa shape index (κ3) is 3.60. The molecule has 2 heterocycles. The molecule has 2 N–H and O–H groups in total. The quantitative estimate of drug-likeness (QED) is 0.843. The number of carbonyl (C=O) groups is 2. The molecule has 1 aromatic heterocycles. The molecule has 1 fully saturated rings. The molecule has 1 aliphatic rings. The third-order valence-corrected chi connectivity index (χ3v) is 3.75. The van der Waals surface area contributed by atoms with Crippen LogP contribution in [0.15, 0.2) is 22.8 Å². The normalized spacial score (nSPS) is 21.4. The van der Waals surface area contributed by atoms with Gasteiger partial charge in [0.2, 0.25) is 5.91 Å². The first-order chi connectivity index (χ1) is 9.58. The molecule has 0 aliphatic carbocycles. The smallest absolute Gasteiger partial charge is 0.307 e. The molecule has 0 bridgehead atoms. The van der Waals surface area contributed by atoms with E-state index in [1.54, 1.807) is 18.4 Å². The fourth-order valence-electron chi connectivity index (χ4n) is 2.46. The van der Waals surface area contributed by atoms with Crippen LogP contribution in [0.3, 0.4) is 0 Å². The summed E-state index contributed by atoms with van der Waals surface area (Å²) in [6.07, 6.45) is 3.06. The molecule has 2 rings (SSSR count). The van der Waals surface area contributed by atoms with Crippen LogP contribution in [0.1, 0.15) is 25.5 Å². The van der Waals surface area contributed by atoms with Gasteiger partial charge >= 0.3 is 5.97 Å². The largest absolute Gasteiger partial charge is 0.481 e. The molecule has 6 nitrogen and oxygen atoms in total. The first-order valence-corrected chi connectivity index (χ1v) is 6.85. The number of amides is 1. The molecule has 2 unspecified atom stereocenters. The van der Waals surface area contributed by atoms with Crippen LogP contribution in [0.4, 0.5) is 0 Å². The van der Waals surface area contributed by atoms with E-state index in [-0.39, 0.29) is 17.9 Å². The first kappa shape index (κ1) is 14.6. The predicted octanol–water partition coefficient (Wildman–Crippen LogP) is 1.08.